The second-order valence-corrected chi connectivity index (χ2v) is 7.08. The van der Waals surface area contributed by atoms with Crippen molar-refractivity contribution in [3.05, 3.63) is 34.9 Å². The summed E-state index contributed by atoms with van der Waals surface area (Å²) in [7, 11) is 2.14. The molecule has 0 bridgehead atoms. The lowest BCUT2D eigenvalue weighted by Crippen LogP contribution is -2.40. The Kier molecular flexibility index (Phi) is 5.48. The van der Waals surface area contributed by atoms with Gasteiger partial charge in [-0.3, -0.25) is 0 Å². The van der Waals surface area contributed by atoms with Crippen LogP contribution in [-0.4, -0.2) is 30.2 Å². The highest BCUT2D eigenvalue weighted by Crippen LogP contribution is 2.39. The first kappa shape index (κ1) is 15.8. The van der Waals surface area contributed by atoms with E-state index in [0.29, 0.717) is 6.61 Å². The minimum absolute atomic E-state index is 0.105. The van der Waals surface area contributed by atoms with Crippen molar-refractivity contribution in [2.24, 2.45) is 11.3 Å². The summed E-state index contributed by atoms with van der Waals surface area (Å²) in [5, 5.41) is 10.6. The molecule has 1 N–H and O–H groups in total. The second-order valence-electron chi connectivity index (χ2n) is 6.64. The van der Waals surface area contributed by atoms with Crippen LogP contribution in [-0.2, 0) is 6.54 Å². The lowest BCUT2D eigenvalue weighted by atomic mass is 9.71. The van der Waals surface area contributed by atoms with Gasteiger partial charge in [-0.05, 0) is 43.5 Å². The summed E-state index contributed by atoms with van der Waals surface area (Å²) in [4.78, 5) is 2.33. The zero-order chi connectivity index (χ0) is 14.6. The van der Waals surface area contributed by atoms with Crippen LogP contribution in [0.2, 0.25) is 5.02 Å². The average Bonchev–Trinajstić information content (AvgIpc) is 2.44. The fraction of sp³-hybridized carbons (Fsp3) is 0.647. The van der Waals surface area contributed by atoms with Gasteiger partial charge in [0.2, 0.25) is 0 Å². The molecule has 3 heteroatoms. The largest absolute Gasteiger partial charge is 0.396 e. The topological polar surface area (TPSA) is 23.5 Å². The van der Waals surface area contributed by atoms with Gasteiger partial charge < -0.3 is 10.0 Å². The van der Waals surface area contributed by atoms with Crippen molar-refractivity contribution in [2.75, 3.05) is 20.2 Å². The van der Waals surface area contributed by atoms with Crippen LogP contribution in [0.5, 0.6) is 0 Å². The molecule has 0 saturated heterocycles. The molecule has 1 aliphatic carbocycles. The lowest BCUT2D eigenvalue weighted by molar-refractivity contribution is 0.0346. The molecule has 0 unspecified atom stereocenters. The average molecular weight is 296 g/mol. The number of hydrogen-bond acceptors (Lipinski definition) is 2. The van der Waals surface area contributed by atoms with E-state index in [-0.39, 0.29) is 5.41 Å². The zero-order valence-electron chi connectivity index (χ0n) is 12.6. The summed E-state index contributed by atoms with van der Waals surface area (Å²) in [6.07, 6.45) is 4.79. The number of rotatable bonds is 5. The van der Waals surface area contributed by atoms with Crippen LogP contribution in [0.4, 0.5) is 0 Å². The van der Waals surface area contributed by atoms with E-state index in [0.717, 1.165) is 36.9 Å². The molecular weight excluding hydrogens is 270 g/mol. The molecule has 0 heterocycles. The number of benzene rings is 1. The minimum atomic E-state index is 0.105. The van der Waals surface area contributed by atoms with Crippen molar-refractivity contribution in [1.29, 1.82) is 0 Å². The lowest BCUT2D eigenvalue weighted by Gasteiger charge is -2.40. The third-order valence-electron chi connectivity index (χ3n) is 4.64. The van der Waals surface area contributed by atoms with Gasteiger partial charge in [0.15, 0.2) is 0 Å². The molecule has 1 aromatic rings. The molecule has 1 fully saturated rings. The third kappa shape index (κ3) is 4.21. The van der Waals surface area contributed by atoms with Crippen molar-refractivity contribution in [2.45, 2.75) is 39.2 Å². The molecule has 1 aromatic carbocycles. The van der Waals surface area contributed by atoms with Crippen LogP contribution in [0.15, 0.2) is 24.3 Å². The van der Waals surface area contributed by atoms with E-state index in [1.54, 1.807) is 0 Å². The second kappa shape index (κ2) is 6.93. The summed E-state index contributed by atoms with van der Waals surface area (Å²) in [5.41, 5.74) is 1.38. The molecule has 1 saturated carbocycles. The van der Waals surface area contributed by atoms with Gasteiger partial charge in [0.25, 0.3) is 0 Å². The quantitative estimate of drug-likeness (QED) is 0.889. The molecule has 1 aliphatic rings. The first-order valence-electron chi connectivity index (χ1n) is 7.57. The number of nitrogens with zero attached hydrogens (tertiary/aromatic N) is 1. The van der Waals surface area contributed by atoms with Crippen molar-refractivity contribution < 1.29 is 5.11 Å². The third-order valence-corrected chi connectivity index (χ3v) is 4.89. The van der Waals surface area contributed by atoms with Crippen molar-refractivity contribution in [3.8, 4) is 0 Å². The Bertz CT molecular complexity index is 410. The Hall–Kier alpha value is -0.570. The zero-order valence-corrected chi connectivity index (χ0v) is 13.4. The molecular formula is C17H26ClNO. The Labute approximate surface area is 127 Å². The molecule has 0 amide bonds. The van der Waals surface area contributed by atoms with Crippen LogP contribution >= 0.6 is 11.6 Å². The van der Waals surface area contributed by atoms with Crippen LogP contribution in [0.3, 0.4) is 0 Å². The van der Waals surface area contributed by atoms with E-state index in [9.17, 15) is 5.11 Å². The van der Waals surface area contributed by atoms with Crippen molar-refractivity contribution >= 4 is 11.6 Å². The van der Waals surface area contributed by atoms with Gasteiger partial charge >= 0.3 is 0 Å². The summed E-state index contributed by atoms with van der Waals surface area (Å²) in [6, 6.07) is 8.03. The van der Waals surface area contributed by atoms with E-state index in [1.165, 1.54) is 18.4 Å². The number of aliphatic hydroxyl groups excluding tert-OH is 1. The predicted octanol–water partition coefficient (Wildman–Crippen LogP) is 3.96. The summed E-state index contributed by atoms with van der Waals surface area (Å²) >= 11 is 5.92. The van der Waals surface area contributed by atoms with Crippen molar-refractivity contribution in [1.82, 2.24) is 4.90 Å². The smallest absolute Gasteiger partial charge is 0.0499 e. The molecule has 112 valence electrons. The Balaban J connectivity index is 1.92. The summed E-state index contributed by atoms with van der Waals surface area (Å²) in [6.45, 7) is 4.51. The van der Waals surface area contributed by atoms with Crippen LogP contribution in [0.1, 0.15) is 38.2 Å². The SMILES string of the molecule is CC1CCC(CO)(CN(C)Cc2ccc(Cl)cc2)CC1. The van der Waals surface area contributed by atoms with Gasteiger partial charge in [-0.25, -0.2) is 0 Å². The number of hydrogen-bond donors (Lipinski definition) is 1. The highest BCUT2D eigenvalue weighted by Gasteiger charge is 2.34. The van der Waals surface area contributed by atoms with Gasteiger partial charge in [0.05, 0.1) is 0 Å². The molecule has 0 aromatic heterocycles. The van der Waals surface area contributed by atoms with Gasteiger partial charge in [-0.1, -0.05) is 43.5 Å². The maximum absolute atomic E-state index is 9.84. The van der Waals surface area contributed by atoms with Crippen LogP contribution in [0.25, 0.3) is 0 Å². The van der Waals surface area contributed by atoms with Gasteiger partial charge in [-0.2, -0.15) is 0 Å². The first-order chi connectivity index (χ1) is 9.53. The monoisotopic (exact) mass is 295 g/mol. The maximum atomic E-state index is 9.84. The Morgan fingerprint density at radius 2 is 1.85 bits per heavy atom. The standard InChI is InChI=1S/C17H26ClNO/c1-14-7-9-17(13-20,10-8-14)12-19(2)11-15-3-5-16(18)6-4-15/h3-6,14,20H,7-13H2,1-2H3. The van der Waals surface area contributed by atoms with Gasteiger partial charge in [0, 0.05) is 30.1 Å². The van der Waals surface area contributed by atoms with E-state index in [1.807, 2.05) is 12.1 Å². The van der Waals surface area contributed by atoms with E-state index >= 15 is 0 Å². The van der Waals surface area contributed by atoms with E-state index in [4.69, 9.17) is 11.6 Å². The Morgan fingerprint density at radius 3 is 2.40 bits per heavy atom. The molecule has 20 heavy (non-hydrogen) atoms. The fourth-order valence-electron chi connectivity index (χ4n) is 3.27. The predicted molar refractivity (Wildman–Crippen MR) is 84.9 cm³/mol. The number of halogens is 1. The van der Waals surface area contributed by atoms with Gasteiger partial charge in [-0.15, -0.1) is 0 Å². The molecule has 0 atom stereocenters. The summed E-state index contributed by atoms with van der Waals surface area (Å²) < 4.78 is 0. The first-order valence-corrected chi connectivity index (χ1v) is 7.95. The molecule has 0 radical (unpaired) electrons. The fourth-order valence-corrected chi connectivity index (χ4v) is 3.40. The molecule has 0 spiro atoms. The van der Waals surface area contributed by atoms with Crippen LogP contribution in [0, 0.1) is 11.3 Å². The van der Waals surface area contributed by atoms with E-state index in [2.05, 4.69) is 31.0 Å². The highest BCUT2D eigenvalue weighted by atomic mass is 35.5. The maximum Gasteiger partial charge on any atom is 0.0499 e. The highest BCUT2D eigenvalue weighted by molar-refractivity contribution is 6.30. The molecule has 0 aliphatic heterocycles. The van der Waals surface area contributed by atoms with Crippen molar-refractivity contribution in [3.63, 3.8) is 0 Å². The van der Waals surface area contributed by atoms with Crippen LogP contribution < -0.4 is 0 Å². The summed E-state index contributed by atoms with van der Waals surface area (Å²) in [5.74, 6) is 0.816. The normalized spacial score (nSPS) is 26.9. The number of aliphatic hydroxyl groups is 1. The van der Waals surface area contributed by atoms with E-state index < -0.39 is 0 Å². The molecule has 2 rings (SSSR count). The van der Waals surface area contributed by atoms with Gasteiger partial charge in [0.1, 0.15) is 0 Å². The minimum Gasteiger partial charge on any atom is -0.396 e. The molecule has 2 nitrogen and oxygen atoms in total. The Morgan fingerprint density at radius 1 is 1.25 bits per heavy atom.